The number of halogens is 2. The van der Waals surface area contributed by atoms with Gasteiger partial charge in [-0.3, -0.25) is 14.5 Å². The number of rotatable bonds is 7. The second-order valence-corrected chi connectivity index (χ2v) is 7.62. The van der Waals surface area contributed by atoms with Crippen LogP contribution in [-0.4, -0.2) is 42.9 Å². The van der Waals surface area contributed by atoms with Gasteiger partial charge in [0.2, 0.25) is 5.91 Å². The molecule has 2 N–H and O–H groups in total. The molecular weight excluding hydrogens is 397 g/mol. The van der Waals surface area contributed by atoms with Crippen LogP contribution < -0.4 is 10.6 Å². The molecule has 0 saturated carbocycles. The molecule has 1 aliphatic heterocycles. The number of hydrogen-bond donors (Lipinski definition) is 2. The molecule has 0 spiro atoms. The summed E-state index contributed by atoms with van der Waals surface area (Å²) in [6, 6.07) is 14.9. The van der Waals surface area contributed by atoms with E-state index in [2.05, 4.69) is 27.7 Å². The molecular formula is C21H23Cl2N3O2. The van der Waals surface area contributed by atoms with Crippen molar-refractivity contribution in [2.45, 2.75) is 18.9 Å². The fourth-order valence-electron chi connectivity index (χ4n) is 3.39. The van der Waals surface area contributed by atoms with Crippen LogP contribution in [0.1, 0.15) is 34.8 Å². The quantitative estimate of drug-likeness (QED) is 0.719. The standard InChI is InChI=1S/C21H23Cl2N3O2/c22-16-8-9-17(18(23)12-16)21(28)25-14-20(27)24-13-19(26-10-4-5-11-26)15-6-2-1-3-7-15/h1-3,6-9,12,19H,4-5,10-11,13-14H2,(H,24,27)(H,25,28). The zero-order valence-electron chi connectivity index (χ0n) is 15.5. The van der Waals surface area contributed by atoms with Crippen LogP contribution in [0.15, 0.2) is 48.5 Å². The summed E-state index contributed by atoms with van der Waals surface area (Å²) in [4.78, 5) is 26.9. The summed E-state index contributed by atoms with van der Waals surface area (Å²) < 4.78 is 0. The van der Waals surface area contributed by atoms with E-state index in [-0.39, 0.29) is 29.1 Å². The van der Waals surface area contributed by atoms with Gasteiger partial charge < -0.3 is 10.6 Å². The summed E-state index contributed by atoms with van der Waals surface area (Å²) in [6.45, 7) is 2.45. The van der Waals surface area contributed by atoms with E-state index >= 15 is 0 Å². The van der Waals surface area contributed by atoms with Crippen LogP contribution in [0.5, 0.6) is 0 Å². The van der Waals surface area contributed by atoms with Gasteiger partial charge in [-0.05, 0) is 49.7 Å². The lowest BCUT2D eigenvalue weighted by molar-refractivity contribution is -0.120. The van der Waals surface area contributed by atoms with Crippen molar-refractivity contribution in [3.8, 4) is 0 Å². The third-order valence-electron chi connectivity index (χ3n) is 4.84. The predicted octanol–water partition coefficient (Wildman–Crippen LogP) is 3.68. The Balaban J connectivity index is 1.54. The maximum absolute atomic E-state index is 12.3. The highest BCUT2D eigenvalue weighted by Crippen LogP contribution is 2.24. The van der Waals surface area contributed by atoms with Gasteiger partial charge in [0.1, 0.15) is 0 Å². The number of carbonyl (C=O) groups is 2. The Kier molecular flexibility index (Phi) is 7.31. The Morgan fingerprint density at radius 2 is 1.71 bits per heavy atom. The first-order valence-corrected chi connectivity index (χ1v) is 10.1. The molecule has 2 aromatic rings. The molecule has 7 heteroatoms. The van der Waals surface area contributed by atoms with Crippen molar-refractivity contribution < 1.29 is 9.59 Å². The number of nitrogens with zero attached hydrogens (tertiary/aromatic N) is 1. The molecule has 1 heterocycles. The minimum Gasteiger partial charge on any atom is -0.353 e. The number of carbonyl (C=O) groups excluding carboxylic acids is 2. The lowest BCUT2D eigenvalue weighted by atomic mass is 10.1. The Labute approximate surface area is 175 Å². The van der Waals surface area contributed by atoms with Crippen molar-refractivity contribution >= 4 is 35.0 Å². The van der Waals surface area contributed by atoms with E-state index in [4.69, 9.17) is 23.2 Å². The summed E-state index contributed by atoms with van der Waals surface area (Å²) >= 11 is 11.9. The van der Waals surface area contributed by atoms with Crippen LogP contribution in [0, 0.1) is 0 Å². The summed E-state index contributed by atoms with van der Waals surface area (Å²) in [7, 11) is 0. The molecule has 1 aliphatic rings. The predicted molar refractivity (Wildman–Crippen MR) is 112 cm³/mol. The third-order valence-corrected chi connectivity index (χ3v) is 5.39. The second kappa shape index (κ2) is 9.92. The Hall–Kier alpha value is -2.08. The minimum atomic E-state index is -0.407. The number of benzene rings is 2. The van der Waals surface area contributed by atoms with Crippen molar-refractivity contribution in [2.75, 3.05) is 26.2 Å². The molecule has 2 amide bonds. The molecule has 1 fully saturated rings. The average Bonchev–Trinajstić information content (AvgIpc) is 3.21. The highest BCUT2D eigenvalue weighted by molar-refractivity contribution is 6.36. The largest absolute Gasteiger partial charge is 0.353 e. The Morgan fingerprint density at radius 3 is 2.39 bits per heavy atom. The van der Waals surface area contributed by atoms with Crippen LogP contribution in [0.4, 0.5) is 0 Å². The first-order valence-electron chi connectivity index (χ1n) is 9.33. The summed E-state index contributed by atoms with van der Waals surface area (Å²) in [6.07, 6.45) is 2.35. The van der Waals surface area contributed by atoms with E-state index < -0.39 is 5.91 Å². The zero-order chi connectivity index (χ0) is 19.9. The average molecular weight is 420 g/mol. The number of hydrogen-bond acceptors (Lipinski definition) is 3. The smallest absolute Gasteiger partial charge is 0.253 e. The highest BCUT2D eigenvalue weighted by atomic mass is 35.5. The zero-order valence-corrected chi connectivity index (χ0v) is 17.0. The second-order valence-electron chi connectivity index (χ2n) is 6.78. The van der Waals surface area contributed by atoms with Gasteiger partial charge in [0.15, 0.2) is 0 Å². The van der Waals surface area contributed by atoms with Gasteiger partial charge in [0.25, 0.3) is 5.91 Å². The minimum absolute atomic E-state index is 0.112. The van der Waals surface area contributed by atoms with E-state index in [9.17, 15) is 9.59 Å². The van der Waals surface area contributed by atoms with Crippen LogP contribution in [0.3, 0.4) is 0 Å². The third kappa shape index (κ3) is 5.47. The SMILES string of the molecule is O=C(CNC(=O)c1ccc(Cl)cc1Cl)NCC(c1ccccc1)N1CCCC1. The summed E-state index contributed by atoms with van der Waals surface area (Å²) in [5.41, 5.74) is 1.47. The van der Waals surface area contributed by atoms with E-state index in [0.29, 0.717) is 11.6 Å². The van der Waals surface area contributed by atoms with Crippen molar-refractivity contribution in [1.29, 1.82) is 0 Å². The molecule has 1 unspecified atom stereocenters. The summed E-state index contributed by atoms with van der Waals surface area (Å²) in [5, 5.41) is 6.24. The first-order chi connectivity index (χ1) is 13.5. The van der Waals surface area contributed by atoms with E-state index in [1.807, 2.05) is 18.2 Å². The van der Waals surface area contributed by atoms with Gasteiger partial charge in [-0.15, -0.1) is 0 Å². The molecule has 0 aliphatic carbocycles. The molecule has 3 rings (SSSR count). The lowest BCUT2D eigenvalue weighted by Gasteiger charge is -2.28. The fraction of sp³-hybridized carbons (Fsp3) is 0.333. The molecule has 148 valence electrons. The molecule has 1 saturated heterocycles. The maximum Gasteiger partial charge on any atom is 0.253 e. The van der Waals surface area contributed by atoms with Gasteiger partial charge in [0.05, 0.1) is 23.2 Å². The van der Waals surface area contributed by atoms with Crippen LogP contribution in [0.2, 0.25) is 10.0 Å². The van der Waals surface area contributed by atoms with E-state index in [1.165, 1.54) is 30.5 Å². The Bertz CT molecular complexity index is 824. The van der Waals surface area contributed by atoms with Crippen molar-refractivity contribution in [2.24, 2.45) is 0 Å². The topological polar surface area (TPSA) is 61.4 Å². The van der Waals surface area contributed by atoms with E-state index in [0.717, 1.165) is 13.1 Å². The van der Waals surface area contributed by atoms with Crippen LogP contribution in [-0.2, 0) is 4.79 Å². The summed E-state index contributed by atoms with van der Waals surface area (Å²) in [5.74, 6) is -0.644. The van der Waals surface area contributed by atoms with Crippen molar-refractivity contribution in [1.82, 2.24) is 15.5 Å². The number of likely N-dealkylation sites (tertiary alicyclic amines) is 1. The molecule has 0 bridgehead atoms. The molecule has 28 heavy (non-hydrogen) atoms. The fourth-order valence-corrected chi connectivity index (χ4v) is 3.88. The molecule has 2 aromatic carbocycles. The number of nitrogens with one attached hydrogen (secondary N) is 2. The van der Waals surface area contributed by atoms with E-state index in [1.54, 1.807) is 6.07 Å². The lowest BCUT2D eigenvalue weighted by Crippen LogP contribution is -2.41. The molecule has 1 atom stereocenters. The normalized spacial score (nSPS) is 15.2. The first kappa shape index (κ1) is 20.6. The molecule has 0 radical (unpaired) electrons. The molecule has 0 aromatic heterocycles. The van der Waals surface area contributed by atoms with Gasteiger partial charge in [-0.25, -0.2) is 0 Å². The maximum atomic E-state index is 12.3. The van der Waals surface area contributed by atoms with Crippen molar-refractivity contribution in [3.05, 3.63) is 69.7 Å². The van der Waals surface area contributed by atoms with Crippen LogP contribution >= 0.6 is 23.2 Å². The van der Waals surface area contributed by atoms with Gasteiger partial charge in [-0.2, -0.15) is 0 Å². The monoisotopic (exact) mass is 419 g/mol. The number of amides is 2. The highest BCUT2D eigenvalue weighted by Gasteiger charge is 2.23. The van der Waals surface area contributed by atoms with Crippen molar-refractivity contribution in [3.63, 3.8) is 0 Å². The van der Waals surface area contributed by atoms with Gasteiger partial charge >= 0.3 is 0 Å². The Morgan fingerprint density at radius 1 is 1.00 bits per heavy atom. The van der Waals surface area contributed by atoms with Gasteiger partial charge in [-0.1, -0.05) is 53.5 Å². The molecule has 5 nitrogen and oxygen atoms in total. The van der Waals surface area contributed by atoms with Crippen LogP contribution in [0.25, 0.3) is 0 Å². The van der Waals surface area contributed by atoms with Gasteiger partial charge in [0, 0.05) is 11.6 Å².